The van der Waals surface area contributed by atoms with Crippen molar-refractivity contribution >= 4 is 11.8 Å². The van der Waals surface area contributed by atoms with Crippen molar-refractivity contribution in [1.29, 1.82) is 0 Å². The monoisotopic (exact) mass is 258 g/mol. The van der Waals surface area contributed by atoms with Crippen LogP contribution in [0.4, 0.5) is 0 Å². The van der Waals surface area contributed by atoms with Crippen molar-refractivity contribution in [2.24, 2.45) is 11.3 Å². The van der Waals surface area contributed by atoms with Gasteiger partial charge in [-0.3, -0.25) is 19.9 Å². The first-order chi connectivity index (χ1) is 8.42. The second kappa shape index (κ2) is 6.12. The van der Waals surface area contributed by atoms with Gasteiger partial charge >= 0.3 is 0 Å². The van der Waals surface area contributed by atoms with Gasteiger partial charge in [-0.05, 0) is 13.8 Å². The molecule has 1 fully saturated rings. The molecule has 0 saturated carbocycles. The highest BCUT2D eigenvalue weighted by molar-refractivity contribution is 5.83. The molecule has 0 aromatic rings. The standard InChI is InChI=1S/C11H22N4O3/c1-11(2,10(17)14-12)7-15-4-5-18-6-8(15)9(16)13-3/h8H,4-7,12H2,1-3H3,(H,13,16)(H,14,17). The summed E-state index contributed by atoms with van der Waals surface area (Å²) in [4.78, 5) is 25.4. The van der Waals surface area contributed by atoms with Crippen LogP contribution in [0.5, 0.6) is 0 Å². The van der Waals surface area contributed by atoms with E-state index in [1.54, 1.807) is 20.9 Å². The Morgan fingerprint density at radius 1 is 1.50 bits per heavy atom. The number of hydrogen-bond acceptors (Lipinski definition) is 5. The molecule has 0 spiro atoms. The third kappa shape index (κ3) is 3.41. The van der Waals surface area contributed by atoms with E-state index in [2.05, 4.69) is 10.7 Å². The predicted molar refractivity (Wildman–Crippen MR) is 66.4 cm³/mol. The fourth-order valence-corrected chi connectivity index (χ4v) is 2.01. The van der Waals surface area contributed by atoms with Gasteiger partial charge in [0.25, 0.3) is 0 Å². The molecule has 1 unspecified atom stereocenters. The second-order valence-electron chi connectivity index (χ2n) is 5.03. The minimum atomic E-state index is -0.654. The van der Waals surface area contributed by atoms with Gasteiger partial charge in [-0.25, -0.2) is 5.84 Å². The summed E-state index contributed by atoms with van der Waals surface area (Å²) in [6.07, 6.45) is 0. The number of nitrogens with zero attached hydrogens (tertiary/aromatic N) is 1. The maximum absolute atomic E-state index is 11.7. The molecule has 4 N–H and O–H groups in total. The number of amides is 2. The van der Waals surface area contributed by atoms with E-state index in [9.17, 15) is 9.59 Å². The number of nitrogens with one attached hydrogen (secondary N) is 2. The number of ether oxygens (including phenoxy) is 1. The molecule has 7 heteroatoms. The van der Waals surface area contributed by atoms with Crippen LogP contribution >= 0.6 is 0 Å². The van der Waals surface area contributed by atoms with Crippen molar-refractivity contribution in [1.82, 2.24) is 15.6 Å². The third-order valence-corrected chi connectivity index (χ3v) is 3.13. The Balaban J connectivity index is 2.73. The minimum Gasteiger partial charge on any atom is -0.378 e. The summed E-state index contributed by atoms with van der Waals surface area (Å²) in [5.74, 6) is 4.82. The van der Waals surface area contributed by atoms with Crippen molar-refractivity contribution in [2.75, 3.05) is 33.4 Å². The molecule has 0 aliphatic carbocycles. The van der Waals surface area contributed by atoms with Crippen LogP contribution in [0.3, 0.4) is 0 Å². The average Bonchev–Trinajstić information content (AvgIpc) is 2.37. The summed E-state index contributed by atoms with van der Waals surface area (Å²) in [5.41, 5.74) is 1.50. The maximum atomic E-state index is 11.7. The Hall–Kier alpha value is -1.18. The lowest BCUT2D eigenvalue weighted by molar-refractivity contribution is -0.138. The normalized spacial score (nSPS) is 21.4. The van der Waals surface area contributed by atoms with Crippen LogP contribution in [-0.4, -0.2) is 56.1 Å². The molecule has 7 nitrogen and oxygen atoms in total. The van der Waals surface area contributed by atoms with E-state index >= 15 is 0 Å². The van der Waals surface area contributed by atoms with Gasteiger partial charge in [0.15, 0.2) is 0 Å². The van der Waals surface area contributed by atoms with Gasteiger partial charge in [0, 0.05) is 20.1 Å². The molecule has 1 heterocycles. The SMILES string of the molecule is CNC(=O)C1COCCN1CC(C)(C)C(=O)NN. The molecule has 0 aromatic heterocycles. The first-order valence-corrected chi connectivity index (χ1v) is 5.97. The molecule has 1 aliphatic rings. The van der Waals surface area contributed by atoms with Crippen LogP contribution in [-0.2, 0) is 14.3 Å². The number of carbonyl (C=O) groups is 2. The van der Waals surface area contributed by atoms with Crippen molar-refractivity contribution in [3.8, 4) is 0 Å². The number of rotatable bonds is 4. The Labute approximate surface area is 107 Å². The number of likely N-dealkylation sites (N-methyl/N-ethyl adjacent to an activating group) is 1. The van der Waals surface area contributed by atoms with Gasteiger partial charge in [-0.1, -0.05) is 0 Å². The number of hydrazine groups is 1. The Morgan fingerprint density at radius 3 is 2.72 bits per heavy atom. The zero-order valence-electron chi connectivity index (χ0n) is 11.2. The Kier molecular flexibility index (Phi) is 5.06. The van der Waals surface area contributed by atoms with Crippen LogP contribution in [0, 0.1) is 5.41 Å². The van der Waals surface area contributed by atoms with E-state index in [0.717, 1.165) is 0 Å². The molecular weight excluding hydrogens is 236 g/mol. The Bertz CT molecular complexity index is 319. The minimum absolute atomic E-state index is 0.0985. The molecular formula is C11H22N4O3. The largest absolute Gasteiger partial charge is 0.378 e. The van der Waals surface area contributed by atoms with Gasteiger partial charge < -0.3 is 10.1 Å². The first kappa shape index (κ1) is 14.9. The van der Waals surface area contributed by atoms with Crippen LogP contribution in [0.1, 0.15) is 13.8 Å². The number of nitrogens with two attached hydrogens (primary N) is 1. The number of morpholine rings is 1. The zero-order valence-corrected chi connectivity index (χ0v) is 11.2. The highest BCUT2D eigenvalue weighted by Gasteiger charge is 2.36. The van der Waals surface area contributed by atoms with E-state index in [1.807, 2.05) is 4.90 Å². The van der Waals surface area contributed by atoms with E-state index in [0.29, 0.717) is 26.3 Å². The molecule has 104 valence electrons. The quantitative estimate of drug-likeness (QED) is 0.322. The highest BCUT2D eigenvalue weighted by Crippen LogP contribution is 2.20. The van der Waals surface area contributed by atoms with E-state index < -0.39 is 5.41 Å². The molecule has 1 aliphatic heterocycles. The van der Waals surface area contributed by atoms with Gasteiger partial charge in [0.1, 0.15) is 6.04 Å². The van der Waals surface area contributed by atoms with Crippen LogP contribution in [0.15, 0.2) is 0 Å². The van der Waals surface area contributed by atoms with Crippen molar-refractivity contribution in [2.45, 2.75) is 19.9 Å². The van der Waals surface area contributed by atoms with E-state index in [1.165, 1.54) is 0 Å². The fourth-order valence-electron chi connectivity index (χ4n) is 2.01. The predicted octanol–water partition coefficient (Wildman–Crippen LogP) is -1.55. The average molecular weight is 258 g/mol. The van der Waals surface area contributed by atoms with Crippen molar-refractivity contribution in [3.05, 3.63) is 0 Å². The summed E-state index contributed by atoms with van der Waals surface area (Å²) in [6.45, 7) is 5.59. The smallest absolute Gasteiger partial charge is 0.240 e. The topological polar surface area (TPSA) is 96.7 Å². The number of carbonyl (C=O) groups excluding carboxylic acids is 2. The van der Waals surface area contributed by atoms with Gasteiger partial charge in [0.2, 0.25) is 11.8 Å². The summed E-state index contributed by atoms with van der Waals surface area (Å²) in [6, 6.07) is -0.353. The highest BCUT2D eigenvalue weighted by atomic mass is 16.5. The molecule has 18 heavy (non-hydrogen) atoms. The summed E-state index contributed by atoms with van der Waals surface area (Å²) in [7, 11) is 1.59. The number of hydrogen-bond donors (Lipinski definition) is 3. The first-order valence-electron chi connectivity index (χ1n) is 5.97. The van der Waals surface area contributed by atoms with Crippen LogP contribution in [0.2, 0.25) is 0 Å². The van der Waals surface area contributed by atoms with Crippen LogP contribution in [0.25, 0.3) is 0 Å². The molecule has 1 atom stereocenters. The molecule has 1 rings (SSSR count). The maximum Gasteiger partial charge on any atom is 0.240 e. The molecule has 2 amide bonds. The third-order valence-electron chi connectivity index (χ3n) is 3.13. The zero-order chi connectivity index (χ0) is 13.8. The van der Waals surface area contributed by atoms with Crippen LogP contribution < -0.4 is 16.6 Å². The second-order valence-corrected chi connectivity index (χ2v) is 5.03. The summed E-state index contributed by atoms with van der Waals surface area (Å²) in [5, 5.41) is 2.61. The van der Waals surface area contributed by atoms with E-state index in [-0.39, 0.29) is 17.9 Å². The van der Waals surface area contributed by atoms with Gasteiger partial charge in [-0.2, -0.15) is 0 Å². The molecule has 0 bridgehead atoms. The summed E-state index contributed by atoms with van der Waals surface area (Å²) >= 11 is 0. The molecule has 1 saturated heterocycles. The van der Waals surface area contributed by atoms with Crippen molar-refractivity contribution < 1.29 is 14.3 Å². The van der Waals surface area contributed by atoms with Gasteiger partial charge in [-0.15, -0.1) is 0 Å². The lowest BCUT2D eigenvalue weighted by Crippen LogP contribution is -2.57. The van der Waals surface area contributed by atoms with E-state index in [4.69, 9.17) is 10.6 Å². The molecule has 0 aromatic carbocycles. The summed E-state index contributed by atoms with van der Waals surface area (Å²) < 4.78 is 5.31. The lowest BCUT2D eigenvalue weighted by atomic mass is 9.91. The fraction of sp³-hybridized carbons (Fsp3) is 0.818. The Morgan fingerprint density at radius 2 is 2.17 bits per heavy atom. The molecule has 0 radical (unpaired) electrons. The van der Waals surface area contributed by atoms with Gasteiger partial charge in [0.05, 0.1) is 18.6 Å². The van der Waals surface area contributed by atoms with Crippen molar-refractivity contribution in [3.63, 3.8) is 0 Å². The lowest BCUT2D eigenvalue weighted by Gasteiger charge is -2.38.